The van der Waals surface area contributed by atoms with Crippen molar-refractivity contribution >= 4 is 5.91 Å². The van der Waals surface area contributed by atoms with Crippen LogP contribution in [-0.4, -0.2) is 15.5 Å². The fraction of sp³-hybridized carbons (Fsp3) is 0.222. The van der Waals surface area contributed by atoms with E-state index < -0.39 is 0 Å². The largest absolute Gasteiger partial charge is 0.472 e. The lowest BCUT2D eigenvalue weighted by molar-refractivity contribution is 0.0949. The Bertz CT molecular complexity index is 733. The molecule has 1 amide bonds. The number of aryl methyl sites for hydroxylation is 2. The molecule has 3 aromatic rings. The number of carbonyl (C=O) groups is 1. The molecule has 2 aromatic heterocycles. The van der Waals surface area contributed by atoms with E-state index in [1.54, 1.807) is 12.3 Å². The SMILES string of the molecule is O=C(NCc1nccn1CCCc1ccccc1)c1ccoc1. The lowest BCUT2D eigenvalue weighted by atomic mass is 10.1. The maximum Gasteiger partial charge on any atom is 0.254 e. The molecule has 0 aliphatic carbocycles. The Morgan fingerprint density at radius 1 is 1.22 bits per heavy atom. The zero-order valence-corrected chi connectivity index (χ0v) is 12.8. The molecule has 3 rings (SSSR count). The fourth-order valence-corrected chi connectivity index (χ4v) is 2.46. The molecule has 0 fully saturated rings. The van der Waals surface area contributed by atoms with Crippen LogP contribution in [-0.2, 0) is 19.5 Å². The third-order valence-corrected chi connectivity index (χ3v) is 3.70. The van der Waals surface area contributed by atoms with Crippen LogP contribution in [0.5, 0.6) is 0 Å². The van der Waals surface area contributed by atoms with Crippen molar-refractivity contribution in [3.05, 3.63) is 78.3 Å². The number of nitrogens with one attached hydrogen (secondary N) is 1. The van der Waals surface area contributed by atoms with Gasteiger partial charge >= 0.3 is 0 Å². The second-order valence-electron chi connectivity index (χ2n) is 5.32. The van der Waals surface area contributed by atoms with Gasteiger partial charge in [-0.3, -0.25) is 4.79 Å². The van der Waals surface area contributed by atoms with E-state index in [0.29, 0.717) is 12.1 Å². The van der Waals surface area contributed by atoms with Gasteiger partial charge in [-0.1, -0.05) is 30.3 Å². The Labute approximate surface area is 135 Å². The highest BCUT2D eigenvalue weighted by Crippen LogP contribution is 2.06. The van der Waals surface area contributed by atoms with E-state index >= 15 is 0 Å². The van der Waals surface area contributed by atoms with Crippen LogP contribution in [0.3, 0.4) is 0 Å². The number of benzene rings is 1. The van der Waals surface area contributed by atoms with Crippen LogP contribution < -0.4 is 5.32 Å². The molecule has 0 spiro atoms. The number of carbonyl (C=O) groups excluding carboxylic acids is 1. The van der Waals surface area contributed by atoms with Crippen LogP contribution in [0, 0.1) is 0 Å². The van der Waals surface area contributed by atoms with Gasteiger partial charge in [0.25, 0.3) is 5.91 Å². The summed E-state index contributed by atoms with van der Waals surface area (Å²) in [5, 5.41) is 2.85. The summed E-state index contributed by atoms with van der Waals surface area (Å²) in [4.78, 5) is 16.2. The zero-order chi connectivity index (χ0) is 15.9. The van der Waals surface area contributed by atoms with E-state index in [4.69, 9.17) is 4.42 Å². The molecule has 5 heteroatoms. The molecule has 0 unspecified atom stereocenters. The van der Waals surface area contributed by atoms with Crippen molar-refractivity contribution in [2.45, 2.75) is 25.9 Å². The van der Waals surface area contributed by atoms with Crippen molar-refractivity contribution in [1.29, 1.82) is 0 Å². The fourth-order valence-electron chi connectivity index (χ4n) is 2.46. The van der Waals surface area contributed by atoms with Crippen LogP contribution >= 0.6 is 0 Å². The maximum absolute atomic E-state index is 11.9. The Hall–Kier alpha value is -2.82. The Morgan fingerprint density at radius 3 is 2.87 bits per heavy atom. The lowest BCUT2D eigenvalue weighted by Gasteiger charge is -2.09. The standard InChI is InChI=1S/C18H19N3O2/c22-18(16-8-12-23-14-16)20-13-17-19-9-11-21(17)10-4-7-15-5-2-1-3-6-15/h1-3,5-6,8-9,11-12,14H,4,7,10,13H2,(H,20,22). The molecular weight excluding hydrogens is 290 g/mol. The summed E-state index contributed by atoms with van der Waals surface area (Å²) in [6.45, 7) is 1.29. The molecular formula is C18H19N3O2. The molecule has 118 valence electrons. The van der Waals surface area contributed by atoms with Crippen molar-refractivity contribution in [2.24, 2.45) is 0 Å². The van der Waals surface area contributed by atoms with Gasteiger partial charge in [0.2, 0.25) is 0 Å². The van der Waals surface area contributed by atoms with Gasteiger partial charge in [-0.15, -0.1) is 0 Å². The van der Waals surface area contributed by atoms with Gasteiger partial charge in [0.1, 0.15) is 12.1 Å². The average Bonchev–Trinajstić information content (AvgIpc) is 3.26. The van der Waals surface area contributed by atoms with Crippen LogP contribution in [0.15, 0.2) is 65.7 Å². The first-order valence-corrected chi connectivity index (χ1v) is 7.67. The topological polar surface area (TPSA) is 60.1 Å². The molecule has 2 heterocycles. The lowest BCUT2D eigenvalue weighted by Crippen LogP contribution is -2.24. The minimum absolute atomic E-state index is 0.155. The number of rotatable bonds is 7. The number of furan rings is 1. The second-order valence-corrected chi connectivity index (χ2v) is 5.32. The van der Waals surface area contributed by atoms with E-state index in [0.717, 1.165) is 25.2 Å². The number of hydrogen-bond acceptors (Lipinski definition) is 3. The van der Waals surface area contributed by atoms with E-state index in [1.807, 2.05) is 12.3 Å². The molecule has 5 nitrogen and oxygen atoms in total. The first-order chi connectivity index (χ1) is 11.3. The maximum atomic E-state index is 11.9. The smallest absolute Gasteiger partial charge is 0.254 e. The molecule has 1 N–H and O–H groups in total. The average molecular weight is 309 g/mol. The molecule has 0 aliphatic heterocycles. The normalized spacial score (nSPS) is 10.6. The summed E-state index contributed by atoms with van der Waals surface area (Å²) < 4.78 is 6.99. The minimum Gasteiger partial charge on any atom is -0.472 e. The van der Waals surface area contributed by atoms with Crippen LogP contribution in [0.2, 0.25) is 0 Å². The van der Waals surface area contributed by atoms with E-state index in [-0.39, 0.29) is 5.91 Å². The summed E-state index contributed by atoms with van der Waals surface area (Å²) >= 11 is 0. The predicted molar refractivity (Wildman–Crippen MR) is 86.9 cm³/mol. The van der Waals surface area contributed by atoms with Gasteiger partial charge in [-0.2, -0.15) is 0 Å². The van der Waals surface area contributed by atoms with Gasteiger partial charge in [0.05, 0.1) is 18.4 Å². The monoisotopic (exact) mass is 309 g/mol. The van der Waals surface area contributed by atoms with Crippen molar-refractivity contribution in [2.75, 3.05) is 0 Å². The summed E-state index contributed by atoms with van der Waals surface area (Å²) in [7, 11) is 0. The van der Waals surface area contributed by atoms with Crippen molar-refractivity contribution in [3.63, 3.8) is 0 Å². The highest BCUT2D eigenvalue weighted by atomic mass is 16.3. The van der Waals surface area contributed by atoms with Gasteiger partial charge in [0.15, 0.2) is 0 Å². The first kappa shape index (κ1) is 15.1. The number of amides is 1. The number of imidazole rings is 1. The van der Waals surface area contributed by atoms with Crippen molar-refractivity contribution < 1.29 is 9.21 Å². The molecule has 0 aliphatic rings. The van der Waals surface area contributed by atoms with Gasteiger partial charge in [0, 0.05) is 18.9 Å². The van der Waals surface area contributed by atoms with Gasteiger partial charge in [-0.25, -0.2) is 4.98 Å². The third-order valence-electron chi connectivity index (χ3n) is 3.70. The van der Waals surface area contributed by atoms with Gasteiger partial charge < -0.3 is 14.3 Å². The van der Waals surface area contributed by atoms with Gasteiger partial charge in [-0.05, 0) is 24.5 Å². The van der Waals surface area contributed by atoms with Crippen molar-refractivity contribution in [1.82, 2.24) is 14.9 Å². The summed E-state index contributed by atoms with van der Waals surface area (Å²) in [6.07, 6.45) is 8.69. The number of hydrogen-bond donors (Lipinski definition) is 1. The number of nitrogens with zero attached hydrogens (tertiary/aromatic N) is 2. The van der Waals surface area contributed by atoms with E-state index in [2.05, 4.69) is 39.1 Å². The highest BCUT2D eigenvalue weighted by molar-refractivity contribution is 5.93. The molecule has 0 bridgehead atoms. The Morgan fingerprint density at radius 2 is 2.09 bits per heavy atom. The molecule has 1 aromatic carbocycles. The minimum atomic E-state index is -0.155. The second kappa shape index (κ2) is 7.45. The van der Waals surface area contributed by atoms with E-state index in [1.165, 1.54) is 18.1 Å². The number of aromatic nitrogens is 2. The summed E-state index contributed by atoms with van der Waals surface area (Å²) in [6, 6.07) is 12.1. The zero-order valence-electron chi connectivity index (χ0n) is 12.8. The first-order valence-electron chi connectivity index (χ1n) is 7.67. The predicted octanol–water partition coefficient (Wildman–Crippen LogP) is 3.04. The quantitative estimate of drug-likeness (QED) is 0.730. The molecule has 0 saturated carbocycles. The van der Waals surface area contributed by atoms with E-state index in [9.17, 15) is 4.79 Å². The highest BCUT2D eigenvalue weighted by Gasteiger charge is 2.08. The summed E-state index contributed by atoms with van der Waals surface area (Å²) in [5.74, 6) is 0.701. The molecule has 0 saturated heterocycles. The van der Waals surface area contributed by atoms with Crippen LogP contribution in [0.4, 0.5) is 0 Å². The van der Waals surface area contributed by atoms with Crippen LogP contribution in [0.25, 0.3) is 0 Å². The van der Waals surface area contributed by atoms with Crippen LogP contribution in [0.1, 0.15) is 28.2 Å². The summed E-state index contributed by atoms with van der Waals surface area (Å²) in [5.41, 5.74) is 1.86. The molecule has 0 atom stereocenters. The Kier molecular flexibility index (Phi) is 4.88. The Balaban J connectivity index is 1.50. The third kappa shape index (κ3) is 4.10. The molecule has 23 heavy (non-hydrogen) atoms. The van der Waals surface area contributed by atoms with Crippen molar-refractivity contribution in [3.8, 4) is 0 Å². The molecule has 0 radical (unpaired) electrons.